The van der Waals surface area contributed by atoms with E-state index >= 15 is 0 Å². The second-order valence-corrected chi connectivity index (χ2v) is 25.2. The Bertz CT molecular complexity index is 2520. The molecule has 3 amide bonds. The van der Waals surface area contributed by atoms with Crippen molar-refractivity contribution in [2.24, 2.45) is 0 Å². The fourth-order valence-corrected chi connectivity index (χ4v) is 9.68. The second-order valence-electron chi connectivity index (χ2n) is 23.0. The van der Waals surface area contributed by atoms with Gasteiger partial charge in [0.2, 0.25) is 0 Å². The van der Waals surface area contributed by atoms with E-state index in [1.807, 2.05) is 54.2 Å². The third-order valence-corrected chi connectivity index (χ3v) is 14.5. The molecular weight excluding hydrogens is 951 g/mol. The van der Waals surface area contributed by atoms with E-state index in [4.69, 9.17) is 23.7 Å². The lowest BCUT2D eigenvalue weighted by molar-refractivity contribution is 0.00705. The van der Waals surface area contributed by atoms with E-state index in [0.717, 1.165) is 61.8 Å². The van der Waals surface area contributed by atoms with Gasteiger partial charge in [-0.25, -0.2) is 9.59 Å². The maximum Gasteiger partial charge on any atom is 0.411 e. The van der Waals surface area contributed by atoms with Crippen LogP contribution in [0.25, 0.3) is 11.1 Å². The third kappa shape index (κ3) is 18.5. The Balaban J connectivity index is 1.21. The van der Waals surface area contributed by atoms with Crippen molar-refractivity contribution in [3.63, 3.8) is 0 Å². The van der Waals surface area contributed by atoms with Crippen LogP contribution in [-0.4, -0.2) is 63.3 Å². The molecule has 0 saturated carbocycles. The molecule has 10 nitrogen and oxygen atoms in total. The SMILES string of the molecule is CC(C)(C)c1cc(NC(=O)OCc2ccc(NC(=O)Nc3cc4cc(-c5cc(C(C)(C)C)cc(C(C)(C)C)c5)c3CSCCOCCSCc3ccc(cc3)COCCOCCOC4)cc2)cc(C(C)(C)C)c1. The first-order chi connectivity index (χ1) is 34.5. The average molecular weight is 1030 g/mol. The summed E-state index contributed by atoms with van der Waals surface area (Å²) >= 11 is 3.66. The second kappa shape index (κ2) is 26.1. The van der Waals surface area contributed by atoms with Crippen LogP contribution in [0.2, 0.25) is 0 Å². The van der Waals surface area contributed by atoms with Crippen molar-refractivity contribution < 1.29 is 33.3 Å². The minimum absolute atomic E-state index is 0.0643. The van der Waals surface area contributed by atoms with Crippen molar-refractivity contribution in [2.75, 3.05) is 67.1 Å². The van der Waals surface area contributed by atoms with E-state index in [-0.39, 0.29) is 34.3 Å². The average Bonchev–Trinajstić information content (AvgIpc) is 3.32. The summed E-state index contributed by atoms with van der Waals surface area (Å²) in [6, 6.07) is 33.0. The number of benzene rings is 5. The zero-order chi connectivity index (χ0) is 52.8. The topological polar surface area (TPSA) is 116 Å². The summed E-state index contributed by atoms with van der Waals surface area (Å²) in [6.45, 7) is 30.5. The number of hydrogen-bond acceptors (Lipinski definition) is 9. The highest BCUT2D eigenvalue weighted by molar-refractivity contribution is 7.98. The van der Waals surface area contributed by atoms with E-state index in [0.29, 0.717) is 75.7 Å². The van der Waals surface area contributed by atoms with E-state index in [1.165, 1.54) is 16.7 Å². The minimum Gasteiger partial charge on any atom is -0.444 e. The summed E-state index contributed by atoms with van der Waals surface area (Å²) in [5.74, 6) is 3.27. The first-order valence-electron chi connectivity index (χ1n) is 25.6. The molecule has 4 heterocycles. The first kappa shape index (κ1) is 57.5. The Morgan fingerprint density at radius 2 is 0.986 bits per heavy atom. The fraction of sp³-hybridized carbons (Fsp3) is 0.475. The number of hydrogen-bond donors (Lipinski definition) is 3. The number of carbonyl (C=O) groups is 2. The number of nitrogens with one attached hydrogen (secondary N) is 3. The first-order valence-corrected chi connectivity index (χ1v) is 28.0. The highest BCUT2D eigenvalue weighted by Crippen LogP contribution is 2.40. The third-order valence-electron chi connectivity index (χ3n) is 12.6. The van der Waals surface area contributed by atoms with Crippen LogP contribution >= 0.6 is 23.5 Å². The fourth-order valence-electron chi connectivity index (χ4n) is 7.98. The minimum atomic E-state index is -0.536. The molecule has 0 unspecified atom stereocenters. The summed E-state index contributed by atoms with van der Waals surface area (Å²) in [4.78, 5) is 27.2. The van der Waals surface area contributed by atoms with Gasteiger partial charge >= 0.3 is 12.1 Å². The van der Waals surface area contributed by atoms with Crippen molar-refractivity contribution in [1.82, 2.24) is 0 Å². The molecule has 73 heavy (non-hydrogen) atoms. The van der Waals surface area contributed by atoms with Crippen LogP contribution < -0.4 is 16.0 Å². The lowest BCUT2D eigenvalue weighted by Crippen LogP contribution is -2.21. The molecule has 0 radical (unpaired) electrons. The Kier molecular flexibility index (Phi) is 20.5. The molecule has 5 aromatic rings. The van der Waals surface area contributed by atoms with E-state index < -0.39 is 6.09 Å². The molecule has 12 heteroatoms. The maximum absolute atomic E-state index is 14.1. The lowest BCUT2D eigenvalue weighted by Gasteiger charge is -2.27. The van der Waals surface area contributed by atoms with Gasteiger partial charge in [-0.15, -0.1) is 0 Å². The summed E-state index contributed by atoms with van der Waals surface area (Å²) in [7, 11) is 0. The van der Waals surface area contributed by atoms with Gasteiger partial charge in [-0.1, -0.05) is 144 Å². The van der Waals surface area contributed by atoms with Crippen LogP contribution in [0.1, 0.15) is 133 Å². The van der Waals surface area contributed by atoms with Gasteiger partial charge in [0.25, 0.3) is 0 Å². The van der Waals surface area contributed by atoms with Gasteiger partial charge in [-0.2, -0.15) is 23.5 Å². The molecule has 0 aromatic heterocycles. The summed E-state index contributed by atoms with van der Waals surface area (Å²) in [5.41, 5.74) is 13.7. The van der Waals surface area contributed by atoms with Crippen LogP contribution in [0.3, 0.4) is 0 Å². The number of rotatable bonds is 6. The zero-order valence-corrected chi connectivity index (χ0v) is 47.2. The molecule has 0 spiro atoms. The largest absolute Gasteiger partial charge is 0.444 e. The predicted molar refractivity (Wildman–Crippen MR) is 306 cm³/mol. The maximum atomic E-state index is 14.1. The molecular formula is C61H81N3O7S2. The van der Waals surface area contributed by atoms with Gasteiger partial charge in [-0.3, -0.25) is 5.32 Å². The molecule has 5 aromatic carbocycles. The van der Waals surface area contributed by atoms with Crippen molar-refractivity contribution in [3.8, 4) is 11.1 Å². The molecule has 4 aliphatic rings. The van der Waals surface area contributed by atoms with E-state index in [2.05, 4.69) is 154 Å². The monoisotopic (exact) mass is 1030 g/mol. The molecule has 4 aliphatic heterocycles. The molecule has 0 fully saturated rings. The number of urea groups is 1. The van der Waals surface area contributed by atoms with Crippen molar-refractivity contribution >= 4 is 52.7 Å². The van der Waals surface area contributed by atoms with E-state index in [9.17, 15) is 9.59 Å². The van der Waals surface area contributed by atoms with Crippen molar-refractivity contribution in [3.05, 3.63) is 147 Å². The molecule has 394 valence electrons. The van der Waals surface area contributed by atoms with Crippen molar-refractivity contribution in [2.45, 2.75) is 136 Å². The van der Waals surface area contributed by atoms with Gasteiger partial charge in [-0.05, 0) is 119 Å². The molecule has 0 atom stereocenters. The standard InChI is InChI=1S/C61H81N3O7S2/c1-58(2,3)47-31-46(32-48(33-47)59(4,5)6)53-29-45-30-55(54(53)41-73-28-26-68-25-27-72-40-44-15-13-42(14-16-44)37-69-23-21-67-22-24-70-38-45)64-56(65)62-51-19-17-43(18-20-51)39-71-57(66)63-52-35-49(60(7,8)9)34-50(36-52)61(10,11)12/h13-20,29-36H,21-28,37-41H2,1-12H3,(H,63,66)(H2,62,64,65). The Labute approximate surface area is 445 Å². The van der Waals surface area contributed by atoms with Crippen LogP contribution in [0.15, 0.2) is 97.1 Å². The number of thioether (sulfide) groups is 2. The van der Waals surface area contributed by atoms with Crippen LogP contribution in [0.4, 0.5) is 26.7 Å². The summed E-state index contributed by atoms with van der Waals surface area (Å²) in [6.07, 6.45) is -0.536. The normalized spacial score (nSPS) is 15.4. The van der Waals surface area contributed by atoms with Gasteiger partial charge in [0.05, 0.1) is 52.9 Å². The molecule has 0 saturated heterocycles. The number of amides is 3. The van der Waals surface area contributed by atoms with Crippen molar-refractivity contribution in [1.29, 1.82) is 0 Å². The summed E-state index contributed by atoms with van der Waals surface area (Å²) < 4.78 is 29.8. The Morgan fingerprint density at radius 3 is 1.55 bits per heavy atom. The number of anilines is 3. The zero-order valence-electron chi connectivity index (χ0n) is 45.6. The van der Waals surface area contributed by atoms with E-state index in [1.54, 1.807) is 11.8 Å². The van der Waals surface area contributed by atoms with Crippen LogP contribution in [0.5, 0.6) is 0 Å². The molecule has 9 rings (SSSR count). The Morgan fingerprint density at radius 1 is 0.493 bits per heavy atom. The van der Waals surface area contributed by atoms with Gasteiger partial charge < -0.3 is 34.3 Å². The van der Waals surface area contributed by atoms with Gasteiger partial charge in [0.15, 0.2) is 0 Å². The van der Waals surface area contributed by atoms with Crippen LogP contribution in [0, 0.1) is 0 Å². The predicted octanol–water partition coefficient (Wildman–Crippen LogP) is 15.2. The molecule has 4 bridgehead atoms. The highest BCUT2D eigenvalue weighted by atomic mass is 32.2. The molecule has 0 aliphatic carbocycles. The highest BCUT2D eigenvalue weighted by Gasteiger charge is 2.25. The number of ether oxygens (including phenoxy) is 5. The number of carbonyl (C=O) groups excluding carboxylic acids is 2. The molecule has 3 N–H and O–H groups in total. The van der Waals surface area contributed by atoms with Crippen LogP contribution in [-0.2, 0) is 76.7 Å². The summed E-state index contributed by atoms with van der Waals surface area (Å²) in [5, 5.41) is 9.25. The van der Waals surface area contributed by atoms with Gasteiger partial charge in [0.1, 0.15) is 6.61 Å². The van der Waals surface area contributed by atoms with Gasteiger partial charge in [0, 0.05) is 40.1 Å². The lowest BCUT2D eigenvalue weighted by atomic mass is 9.78. The smallest absolute Gasteiger partial charge is 0.411 e. The Hall–Kier alpha value is -4.82. The quantitative estimate of drug-likeness (QED) is 0.153.